The van der Waals surface area contributed by atoms with Crippen LogP contribution in [-0.4, -0.2) is 29.3 Å². The third kappa shape index (κ3) is 4.48. The Kier molecular flexibility index (Phi) is 5.74. The molecular formula is C22H21F2N3O3. The number of nitrogens with zero attached hydrogens (tertiary/aromatic N) is 1. The number of hydrogen-bond donors (Lipinski definition) is 2. The van der Waals surface area contributed by atoms with Crippen molar-refractivity contribution < 1.29 is 22.8 Å². The molecule has 0 aliphatic heterocycles. The van der Waals surface area contributed by atoms with Gasteiger partial charge in [-0.3, -0.25) is 9.59 Å². The van der Waals surface area contributed by atoms with Gasteiger partial charge in [0.2, 0.25) is 11.8 Å². The molecule has 2 N–H and O–H groups in total. The molecule has 0 spiro atoms. The molecule has 1 saturated carbocycles. The van der Waals surface area contributed by atoms with E-state index in [1.807, 2.05) is 48.5 Å². The Bertz CT molecular complexity index is 1020. The summed E-state index contributed by atoms with van der Waals surface area (Å²) in [6.45, 7) is 0.358. The molecule has 1 fully saturated rings. The fraction of sp³-hybridized carbons (Fsp3) is 0.318. The van der Waals surface area contributed by atoms with E-state index in [1.165, 1.54) is 0 Å². The molecule has 0 bridgehead atoms. The molecule has 8 heteroatoms. The van der Waals surface area contributed by atoms with E-state index in [1.54, 1.807) is 0 Å². The average Bonchev–Trinajstić information content (AvgIpc) is 3.39. The maximum Gasteiger partial charge on any atom is 0.315 e. The molecule has 30 heavy (non-hydrogen) atoms. The van der Waals surface area contributed by atoms with Crippen LogP contribution in [-0.2, 0) is 16.1 Å². The largest absolute Gasteiger partial charge is 0.436 e. The van der Waals surface area contributed by atoms with Crippen LogP contribution in [0.2, 0.25) is 0 Å². The van der Waals surface area contributed by atoms with Crippen LogP contribution < -0.4 is 10.6 Å². The lowest BCUT2D eigenvalue weighted by Crippen LogP contribution is -2.38. The van der Waals surface area contributed by atoms with Crippen molar-refractivity contribution in [3.8, 4) is 11.5 Å². The molecule has 156 valence electrons. The molecule has 2 amide bonds. The number of hydrogen-bond acceptors (Lipinski definition) is 4. The normalized spacial score (nSPS) is 18.6. The van der Waals surface area contributed by atoms with Crippen LogP contribution in [0.1, 0.15) is 24.8 Å². The average molecular weight is 413 g/mol. The van der Waals surface area contributed by atoms with Gasteiger partial charge in [0.1, 0.15) is 5.52 Å². The number of amides is 2. The number of carbonyl (C=O) groups is 2. The summed E-state index contributed by atoms with van der Waals surface area (Å²) < 4.78 is 30.4. The van der Waals surface area contributed by atoms with Crippen molar-refractivity contribution in [2.45, 2.75) is 38.3 Å². The molecule has 0 radical (unpaired) electrons. The minimum atomic E-state index is -3.03. The van der Waals surface area contributed by atoms with Gasteiger partial charge in [-0.05, 0) is 49.1 Å². The summed E-state index contributed by atoms with van der Waals surface area (Å²) in [5.74, 6) is -1.16. The molecule has 1 aliphatic carbocycles. The fourth-order valence-electron chi connectivity index (χ4n) is 3.71. The van der Waals surface area contributed by atoms with Gasteiger partial charge in [-0.25, -0.2) is 4.98 Å². The molecule has 2 atom stereocenters. The monoisotopic (exact) mass is 413 g/mol. The predicted octanol–water partition coefficient (Wildman–Crippen LogP) is 3.66. The van der Waals surface area contributed by atoms with Crippen molar-refractivity contribution in [2.24, 2.45) is 5.92 Å². The Hall–Kier alpha value is -3.29. The van der Waals surface area contributed by atoms with E-state index in [0.29, 0.717) is 31.7 Å². The summed E-state index contributed by atoms with van der Waals surface area (Å²) in [6, 6.07) is 14.7. The van der Waals surface area contributed by atoms with E-state index >= 15 is 0 Å². The lowest BCUT2D eigenvalue weighted by atomic mass is 10.1. The van der Waals surface area contributed by atoms with Crippen LogP contribution in [0.5, 0.6) is 0 Å². The highest BCUT2D eigenvalue weighted by molar-refractivity contribution is 5.81. The Labute approximate surface area is 171 Å². The van der Waals surface area contributed by atoms with E-state index in [2.05, 4.69) is 15.6 Å². The van der Waals surface area contributed by atoms with Gasteiger partial charge in [-0.2, -0.15) is 8.78 Å². The van der Waals surface area contributed by atoms with Crippen LogP contribution in [0.4, 0.5) is 8.78 Å². The molecule has 2 aromatic carbocycles. The summed E-state index contributed by atoms with van der Waals surface area (Å²) in [4.78, 5) is 27.9. The van der Waals surface area contributed by atoms with Crippen LogP contribution in [0.3, 0.4) is 0 Å². The van der Waals surface area contributed by atoms with Gasteiger partial charge >= 0.3 is 6.43 Å². The van der Waals surface area contributed by atoms with Crippen LogP contribution in [0.15, 0.2) is 52.9 Å². The summed E-state index contributed by atoms with van der Waals surface area (Å²) in [5, 5.41) is 5.16. The molecule has 0 unspecified atom stereocenters. The number of oxazole rings is 1. The summed E-state index contributed by atoms with van der Waals surface area (Å²) >= 11 is 0. The first-order valence-corrected chi connectivity index (χ1v) is 9.80. The van der Waals surface area contributed by atoms with Crippen LogP contribution in [0.25, 0.3) is 22.6 Å². The Balaban J connectivity index is 1.30. The lowest BCUT2D eigenvalue weighted by molar-refractivity contribution is -0.132. The minimum Gasteiger partial charge on any atom is -0.436 e. The third-order valence-electron chi connectivity index (χ3n) is 5.31. The number of rotatable bonds is 6. The zero-order valence-electron chi connectivity index (χ0n) is 16.1. The molecular weight excluding hydrogens is 392 g/mol. The molecule has 1 aliphatic rings. The smallest absolute Gasteiger partial charge is 0.315 e. The Morgan fingerprint density at radius 1 is 1.10 bits per heavy atom. The Morgan fingerprint density at radius 2 is 1.87 bits per heavy atom. The molecule has 0 saturated heterocycles. The lowest BCUT2D eigenvalue weighted by Gasteiger charge is -2.13. The van der Waals surface area contributed by atoms with Gasteiger partial charge in [0, 0.05) is 24.1 Å². The van der Waals surface area contributed by atoms with E-state index in [4.69, 9.17) is 4.42 Å². The van der Waals surface area contributed by atoms with E-state index in [-0.39, 0.29) is 17.9 Å². The van der Waals surface area contributed by atoms with Crippen LogP contribution in [0, 0.1) is 5.92 Å². The first-order chi connectivity index (χ1) is 14.5. The van der Waals surface area contributed by atoms with Crippen molar-refractivity contribution in [1.82, 2.24) is 15.6 Å². The Morgan fingerprint density at radius 3 is 2.60 bits per heavy atom. The number of fused-ring (bicyclic) bond motifs is 1. The fourth-order valence-corrected chi connectivity index (χ4v) is 3.71. The molecule has 4 rings (SSSR count). The van der Waals surface area contributed by atoms with E-state index in [0.717, 1.165) is 22.2 Å². The van der Waals surface area contributed by atoms with Crippen molar-refractivity contribution >= 4 is 22.9 Å². The quantitative estimate of drug-likeness (QED) is 0.646. The number of nitrogens with one attached hydrogen (secondary N) is 2. The van der Waals surface area contributed by atoms with Crippen LogP contribution >= 0.6 is 0 Å². The summed E-state index contributed by atoms with van der Waals surface area (Å²) in [7, 11) is 0. The second kappa shape index (κ2) is 8.61. The number of aromatic nitrogens is 1. The topological polar surface area (TPSA) is 84.2 Å². The second-order valence-electron chi connectivity index (χ2n) is 7.42. The maximum atomic E-state index is 12.4. The molecule has 6 nitrogen and oxygen atoms in total. The third-order valence-corrected chi connectivity index (χ3v) is 5.31. The summed E-state index contributed by atoms with van der Waals surface area (Å²) in [6.07, 6.45) is -1.57. The summed E-state index contributed by atoms with van der Waals surface area (Å²) in [5.41, 5.74) is 3.28. The number of para-hydroxylation sites is 2. The first kappa shape index (κ1) is 20.0. The highest BCUT2D eigenvalue weighted by Gasteiger charge is 2.32. The number of benzene rings is 2. The van der Waals surface area contributed by atoms with E-state index in [9.17, 15) is 18.4 Å². The highest BCUT2D eigenvalue weighted by Crippen LogP contribution is 2.27. The van der Waals surface area contributed by atoms with Crippen molar-refractivity contribution in [3.63, 3.8) is 0 Å². The second-order valence-corrected chi connectivity index (χ2v) is 7.42. The SMILES string of the molecule is O=C(N[C@H]1CC[C@@H](C(=O)NCc2ccc(-c3nc4ccccc4o3)cc2)C1)C(F)F. The zero-order valence-corrected chi connectivity index (χ0v) is 16.1. The van der Waals surface area contributed by atoms with Crippen molar-refractivity contribution in [3.05, 3.63) is 54.1 Å². The van der Waals surface area contributed by atoms with Gasteiger partial charge in [0.05, 0.1) is 0 Å². The zero-order chi connectivity index (χ0) is 21.1. The predicted molar refractivity (Wildman–Crippen MR) is 107 cm³/mol. The maximum absolute atomic E-state index is 12.4. The van der Waals surface area contributed by atoms with Gasteiger partial charge in [0.25, 0.3) is 5.91 Å². The molecule has 1 heterocycles. The highest BCUT2D eigenvalue weighted by atomic mass is 19.3. The van der Waals surface area contributed by atoms with E-state index < -0.39 is 12.3 Å². The number of carbonyl (C=O) groups excluding carboxylic acids is 2. The van der Waals surface area contributed by atoms with Crippen molar-refractivity contribution in [2.75, 3.05) is 0 Å². The number of alkyl halides is 2. The van der Waals surface area contributed by atoms with Gasteiger partial charge in [-0.15, -0.1) is 0 Å². The molecule has 1 aromatic heterocycles. The molecule has 3 aromatic rings. The minimum absolute atomic E-state index is 0.133. The van der Waals surface area contributed by atoms with Crippen molar-refractivity contribution in [1.29, 1.82) is 0 Å². The van der Waals surface area contributed by atoms with Gasteiger partial charge in [-0.1, -0.05) is 24.3 Å². The first-order valence-electron chi connectivity index (χ1n) is 9.80. The standard InChI is InChI=1S/C22H21F2N3O3/c23-19(24)21(29)26-16-10-9-15(11-16)20(28)25-12-13-5-7-14(8-6-13)22-27-17-3-1-2-4-18(17)30-22/h1-8,15-16,19H,9-12H2,(H,25,28)(H,26,29)/t15-,16+/m1/s1. The number of halogens is 2. The van der Waals surface area contributed by atoms with Gasteiger partial charge < -0.3 is 15.1 Å². The van der Waals surface area contributed by atoms with Gasteiger partial charge in [0.15, 0.2) is 5.58 Å².